The maximum atomic E-state index is 11.5. The molecule has 0 bridgehead atoms. The molecule has 0 saturated heterocycles. The zero-order valence-corrected chi connectivity index (χ0v) is 11.1. The van der Waals surface area contributed by atoms with Gasteiger partial charge in [-0.1, -0.05) is 0 Å². The van der Waals surface area contributed by atoms with Crippen molar-refractivity contribution in [2.24, 2.45) is 10.2 Å². The van der Waals surface area contributed by atoms with E-state index >= 15 is 0 Å². The van der Waals surface area contributed by atoms with Crippen molar-refractivity contribution in [2.75, 3.05) is 13.7 Å². The van der Waals surface area contributed by atoms with Crippen molar-refractivity contribution in [1.82, 2.24) is 0 Å². The lowest BCUT2D eigenvalue weighted by Gasteiger charge is -2.02. The van der Waals surface area contributed by atoms with Gasteiger partial charge in [-0.2, -0.15) is 5.11 Å². The molecule has 1 aromatic carbocycles. The summed E-state index contributed by atoms with van der Waals surface area (Å²) in [5.41, 5.74) is 0.321. The maximum Gasteiger partial charge on any atom is 0.362 e. The molecular formula is C13H16N2O4. The second-order valence-electron chi connectivity index (χ2n) is 3.55. The fraction of sp³-hybridized carbons (Fsp3) is 0.308. The highest BCUT2D eigenvalue weighted by Crippen LogP contribution is 2.19. The van der Waals surface area contributed by atoms with Crippen molar-refractivity contribution in [1.29, 1.82) is 0 Å². The van der Waals surface area contributed by atoms with Gasteiger partial charge in [0.1, 0.15) is 11.5 Å². The van der Waals surface area contributed by atoms with Gasteiger partial charge in [0.2, 0.25) is 5.70 Å². The van der Waals surface area contributed by atoms with Gasteiger partial charge in [-0.15, -0.1) is 5.11 Å². The molecule has 0 aliphatic heterocycles. The summed E-state index contributed by atoms with van der Waals surface area (Å²) in [7, 11) is 1.56. The molecule has 0 fully saturated rings. The van der Waals surface area contributed by atoms with Crippen LogP contribution in [0.15, 0.2) is 46.0 Å². The number of aliphatic hydroxyl groups excluding tert-OH is 1. The Morgan fingerprint density at radius 2 is 1.95 bits per heavy atom. The third kappa shape index (κ3) is 4.42. The van der Waals surface area contributed by atoms with Gasteiger partial charge in [-0.05, 0) is 38.1 Å². The van der Waals surface area contributed by atoms with Crippen molar-refractivity contribution >= 4 is 11.7 Å². The number of benzene rings is 1. The summed E-state index contributed by atoms with van der Waals surface area (Å²) in [6, 6.07) is 6.79. The van der Waals surface area contributed by atoms with Gasteiger partial charge in [0.15, 0.2) is 0 Å². The first-order valence-corrected chi connectivity index (χ1v) is 5.71. The lowest BCUT2D eigenvalue weighted by Crippen LogP contribution is -2.07. The molecule has 6 nitrogen and oxygen atoms in total. The largest absolute Gasteiger partial charge is 0.510 e. The van der Waals surface area contributed by atoms with Crippen molar-refractivity contribution in [3.63, 3.8) is 0 Å². The average Bonchev–Trinajstić information content (AvgIpc) is 2.39. The fourth-order valence-corrected chi connectivity index (χ4v) is 1.22. The van der Waals surface area contributed by atoms with E-state index in [4.69, 9.17) is 9.47 Å². The molecule has 0 aromatic heterocycles. The number of nitrogens with zero attached hydrogens (tertiary/aromatic N) is 2. The summed E-state index contributed by atoms with van der Waals surface area (Å²) < 4.78 is 9.77. The van der Waals surface area contributed by atoms with Crippen LogP contribution in [-0.4, -0.2) is 24.8 Å². The lowest BCUT2D eigenvalue weighted by atomic mass is 10.3. The molecule has 0 unspecified atom stereocenters. The van der Waals surface area contributed by atoms with Crippen molar-refractivity contribution < 1.29 is 19.4 Å². The van der Waals surface area contributed by atoms with Crippen LogP contribution in [0.3, 0.4) is 0 Å². The molecule has 1 N–H and O–H groups in total. The molecular weight excluding hydrogens is 248 g/mol. The Hall–Kier alpha value is -2.37. The fourth-order valence-electron chi connectivity index (χ4n) is 1.22. The number of carbonyl (C=O) groups is 1. The Morgan fingerprint density at radius 1 is 1.32 bits per heavy atom. The van der Waals surface area contributed by atoms with E-state index in [2.05, 4.69) is 10.2 Å². The maximum absolute atomic E-state index is 11.5. The third-order valence-corrected chi connectivity index (χ3v) is 2.15. The van der Waals surface area contributed by atoms with Crippen LogP contribution in [-0.2, 0) is 9.53 Å². The van der Waals surface area contributed by atoms with Crippen LogP contribution in [0.4, 0.5) is 5.69 Å². The second kappa shape index (κ2) is 7.15. The number of azo groups is 1. The number of carbonyl (C=O) groups excluding carboxylic acids is 1. The molecule has 1 aromatic rings. The van der Waals surface area contributed by atoms with Gasteiger partial charge in [-0.25, -0.2) is 4.79 Å². The molecule has 0 spiro atoms. The van der Waals surface area contributed by atoms with Crippen LogP contribution in [0.1, 0.15) is 13.8 Å². The predicted octanol–water partition coefficient (Wildman–Crippen LogP) is 3.13. The zero-order valence-electron chi connectivity index (χ0n) is 11.1. The molecule has 6 heteroatoms. The Morgan fingerprint density at radius 3 is 2.42 bits per heavy atom. The average molecular weight is 264 g/mol. The number of allylic oxidation sites excluding steroid dienone is 1. The van der Waals surface area contributed by atoms with Crippen molar-refractivity contribution in [2.45, 2.75) is 13.8 Å². The predicted molar refractivity (Wildman–Crippen MR) is 69.5 cm³/mol. The quantitative estimate of drug-likeness (QED) is 0.383. The van der Waals surface area contributed by atoms with Crippen molar-refractivity contribution in [3.05, 3.63) is 35.7 Å². The summed E-state index contributed by atoms with van der Waals surface area (Å²) in [4.78, 5) is 11.5. The van der Waals surface area contributed by atoms with E-state index in [0.717, 1.165) is 0 Å². The van der Waals surface area contributed by atoms with Gasteiger partial charge < -0.3 is 14.6 Å². The number of methoxy groups -OCH3 is 1. The summed E-state index contributed by atoms with van der Waals surface area (Å²) >= 11 is 0. The van der Waals surface area contributed by atoms with E-state index in [0.29, 0.717) is 11.4 Å². The number of rotatable bonds is 5. The highest BCUT2D eigenvalue weighted by molar-refractivity contribution is 5.88. The third-order valence-electron chi connectivity index (χ3n) is 2.15. The normalized spacial score (nSPS) is 12.2. The van der Waals surface area contributed by atoms with Crippen molar-refractivity contribution in [3.8, 4) is 5.75 Å². The molecule has 19 heavy (non-hydrogen) atoms. The van der Waals surface area contributed by atoms with Crippen LogP contribution in [0, 0.1) is 0 Å². The van der Waals surface area contributed by atoms with Crippen LogP contribution < -0.4 is 4.74 Å². The molecule has 0 saturated carbocycles. The summed E-state index contributed by atoms with van der Waals surface area (Å²) in [5.74, 6) is -0.256. The topological polar surface area (TPSA) is 80.5 Å². The first-order chi connectivity index (χ1) is 9.08. The molecule has 0 heterocycles. The Kier molecular flexibility index (Phi) is 5.53. The smallest absolute Gasteiger partial charge is 0.362 e. The van der Waals surface area contributed by atoms with E-state index in [1.807, 2.05) is 0 Å². The first-order valence-electron chi connectivity index (χ1n) is 5.71. The Bertz CT molecular complexity index is 488. The van der Waals surface area contributed by atoms with Gasteiger partial charge in [0, 0.05) is 0 Å². The van der Waals surface area contributed by atoms with Gasteiger partial charge in [-0.3, -0.25) is 0 Å². The van der Waals surface area contributed by atoms with E-state index in [1.165, 1.54) is 6.92 Å². The minimum Gasteiger partial charge on any atom is -0.510 e. The molecule has 102 valence electrons. The van der Waals surface area contributed by atoms with E-state index in [9.17, 15) is 9.90 Å². The summed E-state index contributed by atoms with van der Waals surface area (Å²) in [6.45, 7) is 3.22. The van der Waals surface area contributed by atoms with Crippen LogP contribution >= 0.6 is 0 Å². The molecule has 0 aliphatic rings. The van der Waals surface area contributed by atoms with Gasteiger partial charge in [0.25, 0.3) is 0 Å². The van der Waals surface area contributed by atoms with E-state index in [1.54, 1.807) is 38.3 Å². The van der Waals surface area contributed by atoms with Crippen LogP contribution in [0.5, 0.6) is 5.75 Å². The number of ether oxygens (including phenoxy) is 2. The molecule has 0 amide bonds. The van der Waals surface area contributed by atoms with E-state index < -0.39 is 5.97 Å². The Labute approximate surface area is 111 Å². The molecule has 0 aliphatic carbocycles. The SMILES string of the molecule is CCOC(=O)C(N=Nc1ccc(OC)cc1)=C(C)O. The first kappa shape index (κ1) is 14.7. The van der Waals surface area contributed by atoms with Gasteiger partial charge >= 0.3 is 5.97 Å². The molecule has 0 atom stereocenters. The minimum absolute atomic E-state index is 0.202. The second-order valence-corrected chi connectivity index (χ2v) is 3.55. The monoisotopic (exact) mass is 264 g/mol. The number of hydrogen-bond acceptors (Lipinski definition) is 6. The molecule has 0 radical (unpaired) electrons. The van der Waals surface area contributed by atoms with Gasteiger partial charge in [0.05, 0.1) is 19.4 Å². The minimum atomic E-state index is -0.709. The summed E-state index contributed by atoms with van der Waals surface area (Å²) in [5, 5.41) is 16.9. The number of aliphatic hydroxyl groups is 1. The highest BCUT2D eigenvalue weighted by atomic mass is 16.5. The number of esters is 1. The van der Waals surface area contributed by atoms with E-state index in [-0.39, 0.29) is 18.1 Å². The standard InChI is InChI=1S/C13H16N2O4/c1-4-19-13(17)12(9(2)16)15-14-10-5-7-11(18-3)8-6-10/h5-8,16H,4H2,1-3H3. The lowest BCUT2D eigenvalue weighted by molar-refractivity contribution is -0.138. The highest BCUT2D eigenvalue weighted by Gasteiger charge is 2.13. The van der Waals surface area contributed by atoms with Crippen LogP contribution in [0.2, 0.25) is 0 Å². The molecule has 1 rings (SSSR count). The Balaban J connectivity index is 2.87. The zero-order chi connectivity index (χ0) is 14.3. The van der Waals surface area contributed by atoms with Crippen LogP contribution in [0.25, 0.3) is 0 Å². The number of hydrogen-bond donors (Lipinski definition) is 1. The summed E-state index contributed by atoms with van der Waals surface area (Å²) in [6.07, 6.45) is 0.